The van der Waals surface area contributed by atoms with Crippen molar-refractivity contribution >= 4 is 11.6 Å². The van der Waals surface area contributed by atoms with Crippen molar-refractivity contribution in [1.29, 1.82) is 0 Å². The van der Waals surface area contributed by atoms with Gasteiger partial charge in [0, 0.05) is 30.6 Å². The second kappa shape index (κ2) is 9.33. The third-order valence-corrected chi connectivity index (χ3v) is 3.72. The molecule has 0 radical (unpaired) electrons. The van der Waals surface area contributed by atoms with Crippen molar-refractivity contribution < 1.29 is 14.3 Å². The van der Waals surface area contributed by atoms with Crippen LogP contribution >= 0.6 is 0 Å². The Hall–Kier alpha value is -3.41. The largest absolute Gasteiger partial charge is 0.494 e. The molecule has 3 aromatic rings. The van der Waals surface area contributed by atoms with Gasteiger partial charge in [0.2, 0.25) is 11.8 Å². The van der Waals surface area contributed by atoms with E-state index in [9.17, 15) is 4.79 Å². The second-order valence-electron chi connectivity index (χ2n) is 5.99. The summed E-state index contributed by atoms with van der Waals surface area (Å²) in [5.74, 6) is 1.72. The minimum Gasteiger partial charge on any atom is -0.494 e. The van der Waals surface area contributed by atoms with E-state index >= 15 is 0 Å². The van der Waals surface area contributed by atoms with Gasteiger partial charge in [0.15, 0.2) is 0 Å². The van der Waals surface area contributed by atoms with Crippen molar-refractivity contribution in [1.82, 2.24) is 9.97 Å². The molecule has 6 heteroatoms. The van der Waals surface area contributed by atoms with Crippen LogP contribution < -0.4 is 14.8 Å². The molecule has 0 unspecified atom stereocenters. The molecule has 1 amide bonds. The van der Waals surface area contributed by atoms with Crippen LogP contribution in [0, 0.1) is 6.92 Å². The first-order valence-corrected chi connectivity index (χ1v) is 8.72. The molecule has 0 aliphatic carbocycles. The Morgan fingerprint density at radius 2 is 1.93 bits per heavy atom. The van der Waals surface area contributed by atoms with E-state index in [1.165, 1.54) is 11.8 Å². The number of nitrogens with zero attached hydrogens (tertiary/aromatic N) is 2. The summed E-state index contributed by atoms with van der Waals surface area (Å²) in [6.07, 6.45) is 5.67. The maximum atomic E-state index is 12.1. The number of hydrogen-bond acceptors (Lipinski definition) is 5. The Kier molecular flexibility index (Phi) is 6.35. The fourth-order valence-corrected chi connectivity index (χ4v) is 2.38. The number of aryl methyl sites for hydroxylation is 1. The van der Waals surface area contributed by atoms with E-state index in [1.54, 1.807) is 24.5 Å². The summed E-state index contributed by atoms with van der Waals surface area (Å²) < 4.78 is 11.2. The van der Waals surface area contributed by atoms with Crippen LogP contribution in [0.3, 0.4) is 0 Å². The lowest BCUT2D eigenvalue weighted by atomic mass is 10.2. The van der Waals surface area contributed by atoms with Gasteiger partial charge in [-0.1, -0.05) is 23.8 Å². The molecule has 6 nitrogen and oxygen atoms in total. The molecule has 1 aromatic heterocycles. The van der Waals surface area contributed by atoms with Gasteiger partial charge < -0.3 is 14.8 Å². The van der Waals surface area contributed by atoms with Gasteiger partial charge in [-0.25, -0.2) is 4.98 Å². The highest BCUT2D eigenvalue weighted by Crippen LogP contribution is 2.22. The predicted octanol–water partition coefficient (Wildman–Crippen LogP) is 4.38. The smallest absolute Gasteiger partial charge is 0.237 e. The molecule has 0 saturated heterocycles. The van der Waals surface area contributed by atoms with Gasteiger partial charge in [0.1, 0.15) is 11.5 Å². The molecule has 3 rings (SSSR count). The summed E-state index contributed by atoms with van der Waals surface area (Å²) in [7, 11) is 0. The quantitative estimate of drug-likeness (QED) is 0.602. The Labute approximate surface area is 158 Å². The summed E-state index contributed by atoms with van der Waals surface area (Å²) in [6.45, 7) is 2.52. The monoisotopic (exact) mass is 363 g/mol. The fourth-order valence-electron chi connectivity index (χ4n) is 2.38. The zero-order valence-electron chi connectivity index (χ0n) is 15.1. The number of hydrogen-bond donors (Lipinski definition) is 1. The van der Waals surface area contributed by atoms with Crippen LogP contribution in [0.4, 0.5) is 5.69 Å². The molecule has 1 N–H and O–H groups in total. The van der Waals surface area contributed by atoms with E-state index in [0.717, 1.165) is 5.75 Å². The van der Waals surface area contributed by atoms with Crippen LogP contribution in [0.1, 0.15) is 18.4 Å². The predicted molar refractivity (Wildman–Crippen MR) is 103 cm³/mol. The Balaban J connectivity index is 1.43. The minimum absolute atomic E-state index is 0.0702. The topological polar surface area (TPSA) is 73.3 Å². The molecule has 0 saturated carbocycles. The van der Waals surface area contributed by atoms with E-state index in [4.69, 9.17) is 9.47 Å². The van der Waals surface area contributed by atoms with E-state index < -0.39 is 0 Å². The van der Waals surface area contributed by atoms with Gasteiger partial charge in [0.05, 0.1) is 12.8 Å². The highest BCUT2D eigenvalue weighted by atomic mass is 16.5. The van der Waals surface area contributed by atoms with Crippen molar-refractivity contribution in [3.05, 3.63) is 72.7 Å². The van der Waals surface area contributed by atoms with E-state index in [-0.39, 0.29) is 5.91 Å². The molecule has 1 heterocycles. The first-order chi connectivity index (χ1) is 13.2. The van der Waals surface area contributed by atoms with Gasteiger partial charge in [0.25, 0.3) is 0 Å². The van der Waals surface area contributed by atoms with Crippen molar-refractivity contribution in [3.8, 4) is 17.4 Å². The molecule has 0 bridgehead atoms. The maximum Gasteiger partial charge on any atom is 0.237 e. The van der Waals surface area contributed by atoms with Crippen molar-refractivity contribution in [2.75, 3.05) is 11.9 Å². The van der Waals surface area contributed by atoms with Gasteiger partial charge in [-0.2, -0.15) is 0 Å². The molecule has 0 aliphatic rings. The van der Waals surface area contributed by atoms with Crippen LogP contribution in [0.15, 0.2) is 67.1 Å². The second-order valence-corrected chi connectivity index (χ2v) is 5.99. The lowest BCUT2D eigenvalue weighted by Gasteiger charge is -2.09. The summed E-state index contributed by atoms with van der Waals surface area (Å²) in [5.41, 5.74) is 1.85. The van der Waals surface area contributed by atoms with Crippen LogP contribution in [0.25, 0.3) is 0 Å². The molecule has 0 spiro atoms. The highest BCUT2D eigenvalue weighted by Gasteiger charge is 2.05. The molecule has 27 heavy (non-hydrogen) atoms. The summed E-state index contributed by atoms with van der Waals surface area (Å²) in [6, 6.07) is 15.0. The van der Waals surface area contributed by atoms with E-state index in [0.29, 0.717) is 36.8 Å². The normalized spacial score (nSPS) is 10.3. The standard InChI is InChI=1S/C21H21N3O3/c1-16-7-9-18(10-8-16)26-13-3-6-20(25)24-17-4-2-5-19(14-17)27-21-15-22-11-12-23-21/h2,4-5,7-12,14-15H,3,6,13H2,1H3,(H,24,25). The lowest BCUT2D eigenvalue weighted by molar-refractivity contribution is -0.116. The van der Waals surface area contributed by atoms with Gasteiger partial charge in [-0.05, 0) is 37.6 Å². The maximum absolute atomic E-state index is 12.1. The van der Waals surface area contributed by atoms with E-state index in [1.807, 2.05) is 43.3 Å². The molecular formula is C21H21N3O3. The fraction of sp³-hybridized carbons (Fsp3) is 0.190. The Morgan fingerprint density at radius 3 is 2.70 bits per heavy atom. The number of nitrogens with one attached hydrogen (secondary N) is 1. The number of aromatic nitrogens is 2. The number of carbonyl (C=O) groups is 1. The summed E-state index contributed by atoms with van der Waals surface area (Å²) in [4.78, 5) is 20.1. The molecular weight excluding hydrogens is 342 g/mol. The summed E-state index contributed by atoms with van der Waals surface area (Å²) >= 11 is 0. The van der Waals surface area contributed by atoms with Crippen LogP contribution in [-0.4, -0.2) is 22.5 Å². The first-order valence-electron chi connectivity index (χ1n) is 8.72. The number of anilines is 1. The number of ether oxygens (including phenoxy) is 2. The first kappa shape index (κ1) is 18.4. The van der Waals surface area contributed by atoms with Gasteiger partial charge >= 0.3 is 0 Å². The van der Waals surface area contributed by atoms with Crippen LogP contribution in [-0.2, 0) is 4.79 Å². The number of carbonyl (C=O) groups excluding carboxylic acids is 1. The zero-order chi connectivity index (χ0) is 18.9. The molecule has 2 aromatic carbocycles. The minimum atomic E-state index is -0.0702. The third kappa shape index (κ3) is 6.11. The Bertz CT molecular complexity index is 867. The van der Waals surface area contributed by atoms with Crippen molar-refractivity contribution in [3.63, 3.8) is 0 Å². The van der Waals surface area contributed by atoms with Crippen molar-refractivity contribution in [2.45, 2.75) is 19.8 Å². The van der Waals surface area contributed by atoms with Gasteiger partial charge in [-0.3, -0.25) is 9.78 Å². The number of rotatable bonds is 8. The third-order valence-electron chi connectivity index (χ3n) is 3.72. The van der Waals surface area contributed by atoms with Crippen LogP contribution in [0.2, 0.25) is 0 Å². The average Bonchev–Trinajstić information content (AvgIpc) is 2.68. The summed E-state index contributed by atoms with van der Waals surface area (Å²) in [5, 5.41) is 2.86. The van der Waals surface area contributed by atoms with Crippen molar-refractivity contribution in [2.24, 2.45) is 0 Å². The van der Waals surface area contributed by atoms with E-state index in [2.05, 4.69) is 15.3 Å². The lowest BCUT2D eigenvalue weighted by Crippen LogP contribution is -2.12. The van der Waals surface area contributed by atoms with Gasteiger partial charge in [-0.15, -0.1) is 0 Å². The number of amides is 1. The Morgan fingerprint density at radius 1 is 1.07 bits per heavy atom. The number of benzene rings is 2. The molecule has 138 valence electrons. The highest BCUT2D eigenvalue weighted by molar-refractivity contribution is 5.90. The van der Waals surface area contributed by atoms with Crippen LogP contribution in [0.5, 0.6) is 17.4 Å². The zero-order valence-corrected chi connectivity index (χ0v) is 15.1. The molecule has 0 atom stereocenters. The SMILES string of the molecule is Cc1ccc(OCCCC(=O)Nc2cccc(Oc3cnccn3)c2)cc1. The molecule has 0 aliphatic heterocycles. The molecule has 0 fully saturated rings. The average molecular weight is 363 g/mol.